The summed E-state index contributed by atoms with van der Waals surface area (Å²) in [5, 5.41) is 0. The van der Waals surface area contributed by atoms with Crippen molar-refractivity contribution >= 4 is 17.1 Å². The number of carbonyl (C=O) groups is 1. The molecule has 0 radical (unpaired) electrons. The van der Waals surface area contributed by atoms with Gasteiger partial charge in [0.05, 0.1) is 18.2 Å². The van der Waals surface area contributed by atoms with Gasteiger partial charge in [0, 0.05) is 6.54 Å². The first-order chi connectivity index (χ1) is 10.2. The molecule has 0 saturated heterocycles. The first kappa shape index (κ1) is 13.3. The first-order valence-corrected chi connectivity index (χ1v) is 6.50. The second-order valence-corrected chi connectivity index (χ2v) is 4.56. The molecule has 3 rings (SSSR count). The van der Waals surface area contributed by atoms with E-state index < -0.39 is 5.97 Å². The molecule has 0 saturated carbocycles. The van der Waals surface area contributed by atoms with Crippen molar-refractivity contribution in [3.05, 3.63) is 53.6 Å². The number of carbonyl (C=O) groups excluding carboxylic acids is 1. The number of hydrogen-bond donors (Lipinski definition) is 1. The third-order valence-electron chi connectivity index (χ3n) is 3.25. The van der Waals surface area contributed by atoms with Gasteiger partial charge in [-0.2, -0.15) is 0 Å². The van der Waals surface area contributed by atoms with Crippen molar-refractivity contribution in [2.45, 2.75) is 6.54 Å². The summed E-state index contributed by atoms with van der Waals surface area (Å²) in [7, 11) is 1.35. The SMILES string of the molecule is COC(=O)c1ccccc1-c1nc2cc(CN)ccc2o1. The standard InChI is InChI=1S/C16H14N2O3/c1-20-16(19)12-5-3-2-4-11(12)15-18-13-8-10(9-17)6-7-14(13)21-15/h2-8H,9,17H2,1H3. The van der Waals surface area contributed by atoms with Gasteiger partial charge in [0.1, 0.15) is 5.52 Å². The lowest BCUT2D eigenvalue weighted by Crippen LogP contribution is -2.03. The molecule has 2 aromatic carbocycles. The highest BCUT2D eigenvalue weighted by Crippen LogP contribution is 2.27. The summed E-state index contributed by atoms with van der Waals surface area (Å²) in [5.74, 6) is -0.0318. The summed E-state index contributed by atoms with van der Waals surface area (Å²) in [6.07, 6.45) is 0. The lowest BCUT2D eigenvalue weighted by atomic mass is 10.1. The minimum atomic E-state index is -0.421. The molecule has 0 atom stereocenters. The van der Waals surface area contributed by atoms with E-state index >= 15 is 0 Å². The molecular formula is C16H14N2O3. The van der Waals surface area contributed by atoms with Crippen molar-refractivity contribution in [1.29, 1.82) is 0 Å². The molecule has 21 heavy (non-hydrogen) atoms. The Bertz CT molecular complexity index is 808. The Balaban J connectivity index is 2.14. The molecule has 106 valence electrons. The summed E-state index contributed by atoms with van der Waals surface area (Å²) >= 11 is 0. The van der Waals surface area contributed by atoms with Crippen LogP contribution in [0.25, 0.3) is 22.6 Å². The van der Waals surface area contributed by atoms with Gasteiger partial charge in [-0.1, -0.05) is 18.2 Å². The van der Waals surface area contributed by atoms with Crippen molar-refractivity contribution in [2.75, 3.05) is 7.11 Å². The van der Waals surface area contributed by atoms with E-state index in [0.29, 0.717) is 34.7 Å². The van der Waals surface area contributed by atoms with Gasteiger partial charge >= 0.3 is 5.97 Å². The molecule has 2 N–H and O–H groups in total. The maximum atomic E-state index is 11.8. The third-order valence-corrected chi connectivity index (χ3v) is 3.25. The van der Waals surface area contributed by atoms with Gasteiger partial charge < -0.3 is 14.9 Å². The fourth-order valence-electron chi connectivity index (χ4n) is 2.17. The molecule has 0 aliphatic carbocycles. The van der Waals surface area contributed by atoms with E-state index in [1.807, 2.05) is 24.3 Å². The number of esters is 1. The molecule has 3 aromatic rings. The molecule has 0 spiro atoms. The number of nitrogens with zero attached hydrogens (tertiary/aromatic N) is 1. The Morgan fingerprint density at radius 1 is 1.29 bits per heavy atom. The average Bonchev–Trinajstić information content (AvgIpc) is 2.96. The summed E-state index contributed by atoms with van der Waals surface area (Å²) in [5.41, 5.74) is 8.99. The second-order valence-electron chi connectivity index (χ2n) is 4.56. The van der Waals surface area contributed by atoms with Gasteiger partial charge in [0.15, 0.2) is 5.58 Å². The average molecular weight is 282 g/mol. The number of oxazole rings is 1. The third kappa shape index (κ3) is 2.39. The van der Waals surface area contributed by atoms with Crippen molar-refractivity contribution in [3.8, 4) is 11.5 Å². The zero-order chi connectivity index (χ0) is 14.8. The molecule has 0 aliphatic heterocycles. The summed E-state index contributed by atoms with van der Waals surface area (Å²) in [4.78, 5) is 16.3. The predicted molar refractivity (Wildman–Crippen MR) is 78.7 cm³/mol. The van der Waals surface area contributed by atoms with Crippen LogP contribution >= 0.6 is 0 Å². The van der Waals surface area contributed by atoms with Gasteiger partial charge in [-0.3, -0.25) is 0 Å². The lowest BCUT2D eigenvalue weighted by molar-refractivity contribution is 0.0601. The largest absolute Gasteiger partial charge is 0.465 e. The lowest BCUT2D eigenvalue weighted by Gasteiger charge is -2.03. The Hall–Kier alpha value is -2.66. The van der Waals surface area contributed by atoms with Crippen LogP contribution in [0.1, 0.15) is 15.9 Å². The molecule has 0 fully saturated rings. The number of methoxy groups -OCH3 is 1. The number of ether oxygens (including phenoxy) is 1. The van der Waals surface area contributed by atoms with Crippen molar-refractivity contribution in [3.63, 3.8) is 0 Å². The van der Waals surface area contributed by atoms with Gasteiger partial charge in [0.25, 0.3) is 0 Å². The van der Waals surface area contributed by atoms with Crippen LogP contribution < -0.4 is 5.73 Å². The number of hydrogen-bond acceptors (Lipinski definition) is 5. The molecule has 0 amide bonds. The normalized spacial score (nSPS) is 10.8. The molecule has 0 aliphatic rings. The van der Waals surface area contributed by atoms with Crippen LogP contribution in [0.15, 0.2) is 46.9 Å². The van der Waals surface area contributed by atoms with E-state index in [1.165, 1.54) is 7.11 Å². The summed E-state index contributed by atoms with van der Waals surface area (Å²) in [6, 6.07) is 12.6. The number of nitrogens with two attached hydrogens (primary N) is 1. The zero-order valence-electron chi connectivity index (χ0n) is 11.5. The number of fused-ring (bicyclic) bond motifs is 1. The van der Waals surface area contributed by atoms with Crippen LogP contribution in [0.3, 0.4) is 0 Å². The van der Waals surface area contributed by atoms with E-state index in [0.717, 1.165) is 5.56 Å². The highest BCUT2D eigenvalue weighted by molar-refractivity contribution is 5.96. The number of aromatic nitrogens is 1. The summed E-state index contributed by atoms with van der Waals surface area (Å²) in [6.45, 7) is 0.441. The monoisotopic (exact) mass is 282 g/mol. The van der Waals surface area contributed by atoms with Gasteiger partial charge in [-0.05, 0) is 29.8 Å². The van der Waals surface area contributed by atoms with Crippen LogP contribution in [0.4, 0.5) is 0 Å². The minimum absolute atomic E-state index is 0.389. The van der Waals surface area contributed by atoms with E-state index in [-0.39, 0.29) is 0 Å². The predicted octanol–water partition coefficient (Wildman–Crippen LogP) is 2.74. The van der Waals surface area contributed by atoms with Gasteiger partial charge in [0.2, 0.25) is 5.89 Å². The van der Waals surface area contributed by atoms with Crippen molar-refractivity contribution in [2.24, 2.45) is 5.73 Å². The molecular weight excluding hydrogens is 268 g/mol. The first-order valence-electron chi connectivity index (χ1n) is 6.50. The molecule has 0 unspecified atom stereocenters. The highest BCUT2D eigenvalue weighted by atomic mass is 16.5. The van der Waals surface area contributed by atoms with E-state index in [2.05, 4.69) is 4.98 Å². The smallest absolute Gasteiger partial charge is 0.338 e. The van der Waals surface area contributed by atoms with E-state index in [4.69, 9.17) is 14.9 Å². The maximum absolute atomic E-state index is 11.8. The van der Waals surface area contributed by atoms with Crippen LogP contribution in [0, 0.1) is 0 Å². The molecule has 0 bridgehead atoms. The van der Waals surface area contributed by atoms with Crippen LogP contribution in [-0.2, 0) is 11.3 Å². The maximum Gasteiger partial charge on any atom is 0.338 e. The molecule has 5 heteroatoms. The zero-order valence-corrected chi connectivity index (χ0v) is 11.5. The second kappa shape index (κ2) is 5.38. The number of rotatable bonds is 3. The van der Waals surface area contributed by atoms with Gasteiger partial charge in [-0.25, -0.2) is 9.78 Å². The fraction of sp³-hybridized carbons (Fsp3) is 0.125. The number of benzene rings is 2. The van der Waals surface area contributed by atoms with Crippen LogP contribution in [0.5, 0.6) is 0 Å². The highest BCUT2D eigenvalue weighted by Gasteiger charge is 2.17. The van der Waals surface area contributed by atoms with Crippen molar-refractivity contribution in [1.82, 2.24) is 4.98 Å². The topological polar surface area (TPSA) is 78.3 Å². The molecule has 1 aromatic heterocycles. The van der Waals surface area contributed by atoms with Crippen molar-refractivity contribution < 1.29 is 13.9 Å². The Kier molecular flexibility index (Phi) is 3.41. The van der Waals surface area contributed by atoms with Gasteiger partial charge in [-0.15, -0.1) is 0 Å². The van der Waals surface area contributed by atoms with Crippen LogP contribution in [-0.4, -0.2) is 18.1 Å². The van der Waals surface area contributed by atoms with E-state index in [1.54, 1.807) is 18.2 Å². The Labute approximate surface area is 121 Å². The van der Waals surface area contributed by atoms with E-state index in [9.17, 15) is 4.79 Å². The molecule has 5 nitrogen and oxygen atoms in total. The fourth-order valence-corrected chi connectivity index (χ4v) is 2.17. The molecule has 1 heterocycles. The summed E-state index contributed by atoms with van der Waals surface area (Å²) < 4.78 is 10.5. The minimum Gasteiger partial charge on any atom is -0.465 e. The van der Waals surface area contributed by atoms with Crippen LogP contribution in [0.2, 0.25) is 0 Å². The quantitative estimate of drug-likeness (QED) is 0.747. The Morgan fingerprint density at radius 2 is 2.10 bits per heavy atom. The Morgan fingerprint density at radius 3 is 2.86 bits per heavy atom.